The molecule has 0 N–H and O–H groups in total. The maximum atomic E-state index is 13.8. The summed E-state index contributed by atoms with van der Waals surface area (Å²) in [7, 11) is 3.95. The van der Waals surface area contributed by atoms with Gasteiger partial charge < -0.3 is 9.64 Å². The largest absolute Gasteiger partial charge is 0.463 e. The minimum atomic E-state index is -0.753. The van der Waals surface area contributed by atoms with E-state index in [4.69, 9.17) is 16.3 Å². The minimum absolute atomic E-state index is 0.212. The van der Waals surface area contributed by atoms with Gasteiger partial charge in [0.25, 0.3) is 5.91 Å². The van der Waals surface area contributed by atoms with Crippen molar-refractivity contribution >= 4 is 41.1 Å². The second-order valence-corrected chi connectivity index (χ2v) is 8.70. The lowest BCUT2D eigenvalue weighted by Gasteiger charge is -2.36. The van der Waals surface area contributed by atoms with Crippen molar-refractivity contribution in [3.63, 3.8) is 0 Å². The average molecular weight is 480 g/mol. The molecule has 1 heterocycles. The van der Waals surface area contributed by atoms with Crippen molar-refractivity contribution in [2.45, 2.75) is 33.7 Å². The number of carbonyl (C=O) groups excluding carboxylic acids is 2. The molecule has 0 bridgehead atoms. The van der Waals surface area contributed by atoms with Crippen LogP contribution in [0, 0.1) is 0 Å². The Kier molecular flexibility index (Phi) is 7.94. The number of nitrogens with zero attached hydrogens (tertiary/aromatic N) is 3. The van der Waals surface area contributed by atoms with Crippen LogP contribution in [-0.2, 0) is 14.3 Å². The summed E-state index contributed by atoms with van der Waals surface area (Å²) in [5.41, 5.74) is 3.92. The highest BCUT2D eigenvalue weighted by Gasteiger charge is 2.39. The number of ether oxygens (including phenoxy) is 1. The lowest BCUT2D eigenvalue weighted by molar-refractivity contribution is -0.139. The maximum Gasteiger partial charge on any atom is 0.338 e. The Morgan fingerprint density at radius 3 is 2.35 bits per heavy atom. The average Bonchev–Trinajstić information content (AvgIpc) is 2.79. The van der Waals surface area contributed by atoms with Crippen LogP contribution in [0.5, 0.6) is 0 Å². The molecule has 0 saturated carbocycles. The molecule has 0 aromatic heterocycles. The van der Waals surface area contributed by atoms with Gasteiger partial charge in [-0.25, -0.2) is 9.79 Å². The molecule has 0 spiro atoms. The molecule has 0 saturated heterocycles. The van der Waals surface area contributed by atoms with E-state index in [1.54, 1.807) is 33.8 Å². The van der Waals surface area contributed by atoms with Crippen LogP contribution in [0.1, 0.15) is 44.9 Å². The zero-order chi connectivity index (χ0) is 25.0. The Labute approximate surface area is 206 Å². The van der Waals surface area contributed by atoms with Crippen LogP contribution in [0.2, 0.25) is 5.02 Å². The Balaban J connectivity index is 2.08. The van der Waals surface area contributed by atoms with E-state index in [9.17, 15) is 9.59 Å². The molecule has 0 radical (unpaired) electrons. The van der Waals surface area contributed by atoms with E-state index >= 15 is 0 Å². The van der Waals surface area contributed by atoms with Gasteiger partial charge in [0.05, 0.1) is 23.9 Å². The summed E-state index contributed by atoms with van der Waals surface area (Å²) in [6.45, 7) is 7.22. The fraction of sp³-hybridized carbons (Fsp3) is 0.296. The summed E-state index contributed by atoms with van der Waals surface area (Å²) < 4.78 is 5.33. The summed E-state index contributed by atoms with van der Waals surface area (Å²) in [4.78, 5) is 34.8. The van der Waals surface area contributed by atoms with Crippen molar-refractivity contribution in [1.82, 2.24) is 4.90 Å². The van der Waals surface area contributed by atoms with Crippen LogP contribution in [-0.4, -0.2) is 43.3 Å². The number of aliphatic imine (C=N–C) groups is 1. The van der Waals surface area contributed by atoms with Crippen molar-refractivity contribution in [3.05, 3.63) is 81.5 Å². The number of allylic oxidation sites excluding steroid dienone is 1. The van der Waals surface area contributed by atoms with Gasteiger partial charge in [-0.2, -0.15) is 0 Å². The first-order valence-electron chi connectivity index (χ1n) is 11.1. The highest BCUT2D eigenvalue weighted by molar-refractivity contribution is 6.31. The first kappa shape index (κ1) is 25.2. The van der Waals surface area contributed by atoms with Gasteiger partial charge in [-0.05, 0) is 63.1 Å². The van der Waals surface area contributed by atoms with E-state index in [1.807, 2.05) is 67.5 Å². The van der Waals surface area contributed by atoms with E-state index in [0.29, 0.717) is 33.3 Å². The van der Waals surface area contributed by atoms with Crippen molar-refractivity contribution in [2.75, 3.05) is 25.6 Å². The van der Waals surface area contributed by atoms with Crippen molar-refractivity contribution in [2.24, 2.45) is 4.99 Å². The lowest BCUT2D eigenvalue weighted by Crippen LogP contribution is -2.44. The molecule has 1 aliphatic rings. The summed E-state index contributed by atoms with van der Waals surface area (Å²) in [5, 5.41) is 0.454. The van der Waals surface area contributed by atoms with Crippen LogP contribution in [0.3, 0.4) is 0 Å². The van der Waals surface area contributed by atoms with E-state index < -0.39 is 12.0 Å². The molecule has 3 rings (SSSR count). The molecule has 1 aliphatic heterocycles. The molecule has 0 aliphatic carbocycles. The van der Waals surface area contributed by atoms with Crippen molar-refractivity contribution in [1.29, 1.82) is 0 Å². The molecule has 2 aromatic carbocycles. The number of amidine groups is 1. The first-order chi connectivity index (χ1) is 16.1. The number of amides is 1. The standard InChI is InChI=1S/C27H30ClN3O3/c1-7-34-27(33)24-18(3)29-19(4)31(25(24)22-10-8-9-11-23(22)28)26(32)17(2)16-20-12-14-21(15-13-20)30(5)6/h8-16,25H,7H2,1-6H3/b17-16-. The highest BCUT2D eigenvalue weighted by Crippen LogP contribution is 2.39. The molecule has 178 valence electrons. The number of hydrogen-bond acceptors (Lipinski definition) is 5. The van der Waals surface area contributed by atoms with Crippen LogP contribution in [0.4, 0.5) is 5.69 Å². The third kappa shape index (κ3) is 5.23. The molecule has 2 aromatic rings. The fourth-order valence-electron chi connectivity index (χ4n) is 3.96. The van der Waals surface area contributed by atoms with Gasteiger partial charge in [-0.1, -0.05) is 41.9 Å². The molecule has 7 heteroatoms. The van der Waals surface area contributed by atoms with Gasteiger partial charge >= 0.3 is 5.97 Å². The molecule has 34 heavy (non-hydrogen) atoms. The van der Waals surface area contributed by atoms with E-state index in [2.05, 4.69) is 4.99 Å². The number of esters is 1. The number of benzene rings is 2. The second kappa shape index (κ2) is 10.7. The molecule has 1 amide bonds. The first-order valence-corrected chi connectivity index (χ1v) is 11.5. The number of anilines is 1. The van der Waals surface area contributed by atoms with Gasteiger partial charge in [0.2, 0.25) is 0 Å². The van der Waals surface area contributed by atoms with Crippen LogP contribution >= 0.6 is 11.6 Å². The van der Waals surface area contributed by atoms with E-state index in [-0.39, 0.29) is 12.5 Å². The number of hydrogen-bond donors (Lipinski definition) is 0. The van der Waals surface area contributed by atoms with E-state index in [0.717, 1.165) is 11.3 Å². The van der Waals surface area contributed by atoms with Crippen LogP contribution < -0.4 is 4.90 Å². The molecule has 0 fully saturated rings. The Hall–Kier alpha value is -3.38. The highest BCUT2D eigenvalue weighted by atomic mass is 35.5. The zero-order valence-electron chi connectivity index (χ0n) is 20.4. The predicted molar refractivity (Wildman–Crippen MR) is 138 cm³/mol. The lowest BCUT2D eigenvalue weighted by atomic mass is 9.93. The number of carbonyl (C=O) groups is 2. The number of halogens is 1. The minimum Gasteiger partial charge on any atom is -0.463 e. The Bertz CT molecular complexity index is 1180. The molecular formula is C27H30ClN3O3. The Morgan fingerprint density at radius 2 is 1.76 bits per heavy atom. The predicted octanol–water partition coefficient (Wildman–Crippen LogP) is 5.65. The summed E-state index contributed by atoms with van der Waals surface area (Å²) in [6.07, 6.45) is 1.83. The van der Waals surface area contributed by atoms with Crippen molar-refractivity contribution in [3.8, 4) is 0 Å². The fourth-order valence-corrected chi connectivity index (χ4v) is 4.20. The van der Waals surface area contributed by atoms with Crippen molar-refractivity contribution < 1.29 is 14.3 Å². The third-order valence-corrected chi connectivity index (χ3v) is 5.99. The molecule has 1 atom stereocenters. The molecule has 6 nitrogen and oxygen atoms in total. The monoisotopic (exact) mass is 479 g/mol. The molecule has 1 unspecified atom stereocenters. The normalized spacial score (nSPS) is 16.3. The quantitative estimate of drug-likeness (QED) is 0.397. The van der Waals surface area contributed by atoms with Gasteiger partial charge in [-0.3, -0.25) is 9.69 Å². The topological polar surface area (TPSA) is 62.2 Å². The third-order valence-electron chi connectivity index (χ3n) is 5.64. The van der Waals surface area contributed by atoms with Crippen LogP contribution in [0.15, 0.2) is 70.4 Å². The molecular weight excluding hydrogens is 450 g/mol. The van der Waals surface area contributed by atoms with Crippen LogP contribution in [0.25, 0.3) is 6.08 Å². The summed E-state index contributed by atoms with van der Waals surface area (Å²) in [5.74, 6) is -0.298. The summed E-state index contributed by atoms with van der Waals surface area (Å²) in [6, 6.07) is 14.4. The van der Waals surface area contributed by atoms with Gasteiger partial charge in [0.1, 0.15) is 5.84 Å². The van der Waals surface area contributed by atoms with Gasteiger partial charge in [-0.15, -0.1) is 0 Å². The zero-order valence-corrected chi connectivity index (χ0v) is 21.2. The Morgan fingerprint density at radius 1 is 1.12 bits per heavy atom. The number of rotatable bonds is 6. The second-order valence-electron chi connectivity index (χ2n) is 8.29. The summed E-state index contributed by atoms with van der Waals surface area (Å²) >= 11 is 6.55. The smallest absolute Gasteiger partial charge is 0.338 e. The van der Waals surface area contributed by atoms with Gasteiger partial charge in [0.15, 0.2) is 0 Å². The van der Waals surface area contributed by atoms with Gasteiger partial charge in [0, 0.05) is 30.4 Å². The maximum absolute atomic E-state index is 13.8. The van der Waals surface area contributed by atoms with E-state index in [1.165, 1.54) is 4.90 Å². The SMILES string of the molecule is CCOC(=O)C1=C(C)N=C(C)N(C(=O)/C(C)=C\c2ccc(N(C)C)cc2)C1c1ccccc1Cl.